The van der Waals surface area contributed by atoms with Gasteiger partial charge >= 0.3 is 0 Å². The van der Waals surface area contributed by atoms with Gasteiger partial charge in [0.25, 0.3) is 0 Å². The van der Waals surface area contributed by atoms with E-state index in [1.54, 1.807) is 30.5 Å². The Kier molecular flexibility index (Phi) is 8.73. The summed E-state index contributed by atoms with van der Waals surface area (Å²) >= 11 is 0. The maximum absolute atomic E-state index is 13.0. The summed E-state index contributed by atoms with van der Waals surface area (Å²) in [6.07, 6.45) is 8.55. The second kappa shape index (κ2) is 12.4. The fraction of sp³-hybridized carbons (Fsp3) is 0.333. The van der Waals surface area contributed by atoms with Gasteiger partial charge in [0.2, 0.25) is 11.9 Å². The fourth-order valence-electron chi connectivity index (χ4n) is 5.52. The van der Waals surface area contributed by atoms with Crippen molar-refractivity contribution >= 4 is 0 Å². The van der Waals surface area contributed by atoms with Crippen molar-refractivity contribution in [2.24, 2.45) is 0 Å². The van der Waals surface area contributed by atoms with Crippen molar-refractivity contribution in [3.8, 4) is 0 Å². The molecule has 4 heterocycles. The number of rotatable bonds is 11. The molecule has 0 aliphatic carbocycles. The van der Waals surface area contributed by atoms with Crippen LogP contribution in [-0.2, 0) is 0 Å². The van der Waals surface area contributed by atoms with Crippen LogP contribution in [0.1, 0.15) is 86.0 Å². The molecule has 4 aromatic heterocycles. The second-order valence-corrected chi connectivity index (χ2v) is 9.93. The van der Waals surface area contributed by atoms with E-state index in [4.69, 9.17) is 0 Å². The number of aromatic nitrogens is 4. The summed E-state index contributed by atoms with van der Waals surface area (Å²) in [6, 6.07) is 21.7. The molecule has 4 atom stereocenters. The van der Waals surface area contributed by atoms with Crippen molar-refractivity contribution in [1.29, 1.82) is 0 Å². The highest BCUT2D eigenvalue weighted by atomic mass is 16.5. The molecular formula is C30H35N4O4+. The SMILES string of the molecule is CCC(CC(CC(CC(C)c1cccc[n+]1[O-])c1cccc[n+]1O)c1cccc[n+]1[O-])c1cccc[n+]1[O-]. The van der Waals surface area contributed by atoms with Crippen LogP contribution >= 0.6 is 0 Å². The Bertz CT molecular complexity index is 1350. The van der Waals surface area contributed by atoms with Crippen LogP contribution in [0.3, 0.4) is 0 Å². The van der Waals surface area contributed by atoms with Crippen molar-refractivity contribution in [3.63, 3.8) is 0 Å². The third-order valence-electron chi connectivity index (χ3n) is 7.46. The minimum Gasteiger partial charge on any atom is -0.618 e. The molecule has 0 fully saturated rings. The summed E-state index contributed by atoms with van der Waals surface area (Å²) < 4.78 is 3.81. The van der Waals surface area contributed by atoms with Crippen LogP contribution in [0, 0.1) is 15.6 Å². The topological polar surface area (TPSA) is 105 Å². The van der Waals surface area contributed by atoms with Crippen molar-refractivity contribution in [1.82, 2.24) is 0 Å². The van der Waals surface area contributed by atoms with Crippen molar-refractivity contribution in [2.75, 3.05) is 0 Å². The molecule has 8 nitrogen and oxygen atoms in total. The van der Waals surface area contributed by atoms with Gasteiger partial charge in [0.1, 0.15) is 0 Å². The van der Waals surface area contributed by atoms with Crippen LogP contribution in [0.5, 0.6) is 0 Å². The van der Waals surface area contributed by atoms with E-state index in [-0.39, 0.29) is 23.7 Å². The smallest absolute Gasteiger partial charge is 0.237 e. The quantitative estimate of drug-likeness (QED) is 0.184. The first-order valence-corrected chi connectivity index (χ1v) is 13.1. The molecule has 0 aliphatic rings. The molecule has 4 aromatic rings. The van der Waals surface area contributed by atoms with E-state index >= 15 is 0 Å². The first-order valence-electron chi connectivity index (χ1n) is 13.1. The predicted octanol–water partition coefficient (Wildman–Crippen LogP) is 4.15. The molecular weight excluding hydrogens is 480 g/mol. The van der Waals surface area contributed by atoms with Gasteiger partial charge in [-0.15, -0.1) is 0 Å². The van der Waals surface area contributed by atoms with Crippen LogP contribution in [0.15, 0.2) is 97.6 Å². The van der Waals surface area contributed by atoms with Crippen LogP contribution in [0.4, 0.5) is 0 Å². The molecule has 0 aromatic carbocycles. The average Bonchev–Trinajstić information content (AvgIpc) is 2.92. The predicted molar refractivity (Wildman–Crippen MR) is 141 cm³/mol. The van der Waals surface area contributed by atoms with Crippen LogP contribution in [-0.4, -0.2) is 5.21 Å². The van der Waals surface area contributed by atoms with Gasteiger partial charge in [-0.2, -0.15) is 14.2 Å². The lowest BCUT2D eigenvalue weighted by molar-refractivity contribution is -0.910. The maximum atomic E-state index is 13.0. The van der Waals surface area contributed by atoms with E-state index in [2.05, 4.69) is 0 Å². The van der Waals surface area contributed by atoms with Crippen LogP contribution in [0.2, 0.25) is 0 Å². The normalized spacial score (nSPS) is 14.5. The van der Waals surface area contributed by atoms with E-state index in [9.17, 15) is 20.8 Å². The zero-order chi connectivity index (χ0) is 27.1. The van der Waals surface area contributed by atoms with Gasteiger partial charge in [-0.3, -0.25) is 5.21 Å². The molecule has 4 rings (SSSR count). The highest BCUT2D eigenvalue weighted by molar-refractivity contribution is 5.14. The van der Waals surface area contributed by atoms with Crippen molar-refractivity contribution < 1.29 is 24.1 Å². The van der Waals surface area contributed by atoms with Gasteiger partial charge < -0.3 is 15.6 Å². The van der Waals surface area contributed by atoms with E-state index in [0.29, 0.717) is 42.0 Å². The Morgan fingerprint density at radius 2 is 1.00 bits per heavy atom. The number of pyridine rings is 4. The van der Waals surface area contributed by atoms with Crippen LogP contribution in [0.25, 0.3) is 0 Å². The van der Waals surface area contributed by atoms with E-state index in [0.717, 1.165) is 25.3 Å². The number of nitrogens with zero attached hydrogens (tertiary/aromatic N) is 4. The lowest BCUT2D eigenvalue weighted by atomic mass is 9.78. The first kappa shape index (κ1) is 26.9. The molecule has 0 radical (unpaired) electrons. The Morgan fingerprint density at radius 1 is 0.579 bits per heavy atom. The third-order valence-corrected chi connectivity index (χ3v) is 7.46. The van der Waals surface area contributed by atoms with Crippen molar-refractivity contribution in [3.05, 3.63) is 136 Å². The highest BCUT2D eigenvalue weighted by Crippen LogP contribution is 2.39. The molecule has 1 N–H and O–H groups in total. The summed E-state index contributed by atoms with van der Waals surface area (Å²) in [5.41, 5.74) is 2.65. The standard InChI is InChI=1S/C30H35N4O4/c1-3-24(28-13-5-9-17-32(28)36)21-26(30-15-7-11-19-34(30)38)22-25(29-14-6-10-18-33(29)37)20-23(2)27-12-4-8-16-31(27)35/h4-19,23-26,37H,3,20-22H2,1-2H3/q+1. The highest BCUT2D eigenvalue weighted by Gasteiger charge is 2.35. The zero-order valence-corrected chi connectivity index (χ0v) is 21.8. The molecule has 4 unspecified atom stereocenters. The minimum absolute atomic E-state index is 0.0630. The third kappa shape index (κ3) is 6.19. The molecule has 0 bridgehead atoms. The number of hydrogen-bond acceptors (Lipinski definition) is 4. The van der Waals surface area contributed by atoms with E-state index < -0.39 is 0 Å². The molecule has 0 saturated heterocycles. The van der Waals surface area contributed by atoms with Gasteiger partial charge in [0.15, 0.2) is 35.7 Å². The largest absolute Gasteiger partial charge is 0.618 e. The Labute approximate surface area is 223 Å². The lowest BCUT2D eigenvalue weighted by Crippen LogP contribution is -2.39. The van der Waals surface area contributed by atoms with Gasteiger partial charge in [0.05, 0.1) is 5.92 Å². The second-order valence-electron chi connectivity index (χ2n) is 9.93. The summed E-state index contributed by atoms with van der Waals surface area (Å²) in [6.45, 7) is 4.05. The van der Waals surface area contributed by atoms with Gasteiger partial charge in [-0.1, -0.05) is 32.0 Å². The molecule has 0 amide bonds. The summed E-state index contributed by atoms with van der Waals surface area (Å²) in [5.74, 6) is -0.540. The Hall–Kier alpha value is -4.20. The lowest BCUT2D eigenvalue weighted by Gasteiger charge is -2.25. The average molecular weight is 516 g/mol. The molecule has 0 aliphatic heterocycles. The molecule has 0 saturated carbocycles. The minimum atomic E-state index is -0.202. The summed E-state index contributed by atoms with van der Waals surface area (Å²) in [7, 11) is 0. The summed E-state index contributed by atoms with van der Waals surface area (Å²) in [4.78, 5) is 0. The first-order chi connectivity index (χ1) is 18.4. The Balaban J connectivity index is 1.73. The number of hydrogen-bond donors (Lipinski definition) is 1. The van der Waals surface area contributed by atoms with Gasteiger partial charge in [0, 0.05) is 71.0 Å². The molecule has 198 valence electrons. The monoisotopic (exact) mass is 515 g/mol. The van der Waals surface area contributed by atoms with Crippen LogP contribution < -0.4 is 18.9 Å². The Morgan fingerprint density at radius 3 is 1.50 bits per heavy atom. The van der Waals surface area contributed by atoms with Gasteiger partial charge in [-0.25, -0.2) is 0 Å². The molecule has 38 heavy (non-hydrogen) atoms. The summed E-state index contributed by atoms with van der Waals surface area (Å²) in [5, 5.41) is 48.8. The van der Waals surface area contributed by atoms with Gasteiger partial charge in [-0.05, 0) is 31.7 Å². The van der Waals surface area contributed by atoms with Crippen molar-refractivity contribution in [2.45, 2.75) is 63.2 Å². The zero-order valence-electron chi connectivity index (χ0n) is 21.8. The molecule has 8 heteroatoms. The van der Waals surface area contributed by atoms with E-state index in [1.807, 2.05) is 62.4 Å². The molecule has 0 spiro atoms. The fourth-order valence-corrected chi connectivity index (χ4v) is 5.52. The maximum Gasteiger partial charge on any atom is 0.237 e. The van der Waals surface area contributed by atoms with E-state index in [1.165, 1.54) is 18.6 Å².